The summed E-state index contributed by atoms with van der Waals surface area (Å²) in [4.78, 5) is 16.8. The largest absolute Gasteiger partial charge is 0.493 e. The van der Waals surface area contributed by atoms with E-state index in [9.17, 15) is 4.79 Å². The molecule has 1 N–H and O–H groups in total. The molecule has 0 saturated heterocycles. The number of rotatable bonds is 7. The van der Waals surface area contributed by atoms with Gasteiger partial charge in [0.1, 0.15) is 6.61 Å². The lowest BCUT2D eigenvalue weighted by Gasteiger charge is -2.11. The van der Waals surface area contributed by atoms with Crippen LogP contribution in [-0.2, 0) is 11.4 Å². The molecule has 6 heteroatoms. The molecule has 0 fully saturated rings. The molecule has 0 atom stereocenters. The number of hydrogen-bond donors (Lipinski definition) is 1. The van der Waals surface area contributed by atoms with E-state index in [1.165, 1.54) is 23.0 Å². The van der Waals surface area contributed by atoms with Crippen LogP contribution in [0.1, 0.15) is 16.7 Å². The van der Waals surface area contributed by atoms with Crippen LogP contribution in [0, 0.1) is 6.92 Å². The van der Waals surface area contributed by atoms with Crippen LogP contribution in [0.3, 0.4) is 0 Å². The predicted molar refractivity (Wildman–Crippen MR) is 126 cm³/mol. The van der Waals surface area contributed by atoms with E-state index < -0.39 is 0 Å². The van der Waals surface area contributed by atoms with Gasteiger partial charge in [-0.3, -0.25) is 10.1 Å². The fraction of sp³-hybridized carbons (Fsp3) is 0.120. The number of hydrogen-bond acceptors (Lipinski definition) is 5. The second kappa shape index (κ2) is 9.45. The molecule has 156 valence electrons. The molecule has 0 spiro atoms. The van der Waals surface area contributed by atoms with Gasteiger partial charge in [0.25, 0.3) is 0 Å². The molecule has 0 aliphatic carbocycles. The van der Waals surface area contributed by atoms with Gasteiger partial charge in [0.2, 0.25) is 5.91 Å². The highest BCUT2D eigenvalue weighted by Gasteiger charge is 2.08. The molecule has 1 heterocycles. The quantitative estimate of drug-likeness (QED) is 0.374. The van der Waals surface area contributed by atoms with E-state index in [1.54, 1.807) is 13.2 Å². The molecular weight excluding hydrogens is 408 g/mol. The maximum atomic E-state index is 12.3. The number of carbonyl (C=O) groups is 1. The van der Waals surface area contributed by atoms with Crippen molar-refractivity contribution in [3.63, 3.8) is 0 Å². The molecule has 31 heavy (non-hydrogen) atoms. The van der Waals surface area contributed by atoms with Crippen LogP contribution in [0.15, 0.2) is 72.8 Å². The van der Waals surface area contributed by atoms with Gasteiger partial charge < -0.3 is 9.47 Å². The normalized spacial score (nSPS) is 11.0. The minimum atomic E-state index is -0.237. The molecule has 0 bridgehead atoms. The SMILES string of the molecule is COc1cc(C=CC(=O)Nc2nc3ccc(C)cc3s2)ccc1OCc1ccccc1. The van der Waals surface area contributed by atoms with Gasteiger partial charge >= 0.3 is 0 Å². The number of thiazole rings is 1. The number of fused-ring (bicyclic) bond motifs is 1. The predicted octanol–water partition coefficient (Wildman–Crippen LogP) is 5.84. The van der Waals surface area contributed by atoms with E-state index in [0.717, 1.165) is 21.3 Å². The van der Waals surface area contributed by atoms with Gasteiger partial charge in [0.05, 0.1) is 17.3 Å². The minimum Gasteiger partial charge on any atom is -0.493 e. The Hall–Kier alpha value is -3.64. The first-order chi connectivity index (χ1) is 15.1. The molecule has 1 aromatic heterocycles. The summed E-state index contributed by atoms with van der Waals surface area (Å²) in [5.41, 5.74) is 3.96. The van der Waals surface area contributed by atoms with Crippen molar-refractivity contribution in [2.45, 2.75) is 13.5 Å². The third kappa shape index (κ3) is 5.29. The molecule has 4 rings (SSSR count). The molecule has 4 aromatic rings. The second-order valence-electron chi connectivity index (χ2n) is 7.00. The van der Waals surface area contributed by atoms with Gasteiger partial charge in [0.15, 0.2) is 16.6 Å². The van der Waals surface area contributed by atoms with E-state index >= 15 is 0 Å². The molecule has 0 aliphatic rings. The number of aryl methyl sites for hydroxylation is 1. The fourth-order valence-electron chi connectivity index (χ4n) is 3.05. The summed E-state index contributed by atoms with van der Waals surface area (Å²) in [7, 11) is 1.60. The fourth-order valence-corrected chi connectivity index (χ4v) is 4.01. The van der Waals surface area contributed by atoms with E-state index in [2.05, 4.69) is 16.4 Å². The molecular formula is C25H22N2O3S. The standard InChI is InChI=1S/C25H22N2O3S/c1-17-8-11-20-23(14-17)31-25(26-20)27-24(28)13-10-18-9-12-21(22(15-18)29-2)30-16-19-6-4-3-5-7-19/h3-15H,16H2,1-2H3,(H,26,27,28). The number of aromatic nitrogens is 1. The highest BCUT2D eigenvalue weighted by atomic mass is 32.1. The van der Waals surface area contributed by atoms with Crippen molar-refractivity contribution in [1.82, 2.24) is 4.98 Å². The van der Waals surface area contributed by atoms with Gasteiger partial charge in [-0.15, -0.1) is 0 Å². The Bertz CT molecular complexity index is 1230. The van der Waals surface area contributed by atoms with Crippen molar-refractivity contribution in [3.8, 4) is 11.5 Å². The van der Waals surface area contributed by atoms with Crippen LogP contribution in [0.5, 0.6) is 11.5 Å². The smallest absolute Gasteiger partial charge is 0.250 e. The van der Waals surface area contributed by atoms with E-state index in [-0.39, 0.29) is 5.91 Å². The monoisotopic (exact) mass is 430 g/mol. The zero-order valence-corrected chi connectivity index (χ0v) is 18.1. The van der Waals surface area contributed by atoms with Crippen LogP contribution in [0.25, 0.3) is 16.3 Å². The molecule has 1 amide bonds. The van der Waals surface area contributed by atoms with Crippen molar-refractivity contribution in [2.75, 3.05) is 12.4 Å². The third-order valence-electron chi connectivity index (χ3n) is 4.63. The average molecular weight is 431 g/mol. The Balaban J connectivity index is 1.40. The maximum Gasteiger partial charge on any atom is 0.250 e. The van der Waals surface area contributed by atoms with Gasteiger partial charge in [-0.2, -0.15) is 0 Å². The van der Waals surface area contributed by atoms with E-state index in [1.807, 2.05) is 67.6 Å². The molecule has 0 radical (unpaired) electrons. The number of carbonyl (C=O) groups excluding carboxylic acids is 1. The lowest BCUT2D eigenvalue weighted by Crippen LogP contribution is -2.07. The van der Waals surface area contributed by atoms with Crippen LogP contribution in [0.4, 0.5) is 5.13 Å². The van der Waals surface area contributed by atoms with Gasteiger partial charge in [0, 0.05) is 6.08 Å². The Kier molecular flexibility index (Phi) is 6.29. The van der Waals surface area contributed by atoms with Gasteiger partial charge in [-0.05, 0) is 54.0 Å². The van der Waals surface area contributed by atoms with Crippen molar-refractivity contribution in [3.05, 3.63) is 89.5 Å². The first-order valence-corrected chi connectivity index (χ1v) is 10.6. The first-order valence-electron chi connectivity index (χ1n) is 9.82. The zero-order valence-electron chi connectivity index (χ0n) is 17.3. The molecule has 0 aliphatic heterocycles. The molecule has 5 nitrogen and oxygen atoms in total. The number of anilines is 1. The number of ether oxygens (including phenoxy) is 2. The average Bonchev–Trinajstić information content (AvgIpc) is 3.18. The maximum absolute atomic E-state index is 12.3. The van der Waals surface area contributed by atoms with Crippen molar-refractivity contribution in [2.24, 2.45) is 0 Å². The Morgan fingerprint density at radius 2 is 1.90 bits per heavy atom. The van der Waals surface area contributed by atoms with Gasteiger partial charge in [-0.25, -0.2) is 4.98 Å². The molecule has 0 saturated carbocycles. The third-order valence-corrected chi connectivity index (χ3v) is 5.56. The summed E-state index contributed by atoms with van der Waals surface area (Å²) >= 11 is 1.46. The van der Waals surface area contributed by atoms with Crippen molar-refractivity contribution >= 4 is 38.7 Å². The number of nitrogens with one attached hydrogen (secondary N) is 1. The lowest BCUT2D eigenvalue weighted by molar-refractivity contribution is -0.111. The number of methoxy groups -OCH3 is 1. The topological polar surface area (TPSA) is 60.5 Å². The summed E-state index contributed by atoms with van der Waals surface area (Å²) < 4.78 is 12.4. The summed E-state index contributed by atoms with van der Waals surface area (Å²) in [5, 5.41) is 3.41. The highest BCUT2D eigenvalue weighted by Crippen LogP contribution is 2.30. The van der Waals surface area contributed by atoms with Crippen LogP contribution >= 0.6 is 11.3 Å². The summed E-state index contributed by atoms with van der Waals surface area (Å²) in [5.74, 6) is 1.02. The highest BCUT2D eigenvalue weighted by molar-refractivity contribution is 7.22. The number of nitrogens with zero attached hydrogens (tertiary/aromatic N) is 1. The minimum absolute atomic E-state index is 0.237. The van der Waals surface area contributed by atoms with Gasteiger partial charge in [-0.1, -0.05) is 53.8 Å². The van der Waals surface area contributed by atoms with Crippen LogP contribution < -0.4 is 14.8 Å². The van der Waals surface area contributed by atoms with Crippen molar-refractivity contribution in [1.29, 1.82) is 0 Å². The summed E-state index contributed by atoms with van der Waals surface area (Å²) in [6.07, 6.45) is 3.22. The number of benzene rings is 3. The van der Waals surface area contributed by atoms with E-state index in [4.69, 9.17) is 9.47 Å². The Morgan fingerprint density at radius 3 is 2.71 bits per heavy atom. The Morgan fingerprint density at radius 1 is 1.06 bits per heavy atom. The molecule has 3 aromatic carbocycles. The summed E-state index contributed by atoms with van der Waals surface area (Å²) in [6, 6.07) is 21.5. The lowest BCUT2D eigenvalue weighted by atomic mass is 10.2. The van der Waals surface area contributed by atoms with Crippen LogP contribution in [-0.4, -0.2) is 18.0 Å². The molecule has 0 unspecified atom stereocenters. The van der Waals surface area contributed by atoms with E-state index in [0.29, 0.717) is 23.2 Å². The Labute approximate surface area is 185 Å². The number of amides is 1. The van der Waals surface area contributed by atoms with Crippen molar-refractivity contribution < 1.29 is 14.3 Å². The first kappa shape index (κ1) is 20.6. The summed E-state index contributed by atoms with van der Waals surface area (Å²) in [6.45, 7) is 2.49. The van der Waals surface area contributed by atoms with Crippen LogP contribution in [0.2, 0.25) is 0 Å². The zero-order chi connectivity index (χ0) is 21.6. The second-order valence-corrected chi connectivity index (χ2v) is 8.03.